The Labute approximate surface area is 120 Å². The van der Waals surface area contributed by atoms with Gasteiger partial charge in [-0.1, -0.05) is 20.8 Å². The van der Waals surface area contributed by atoms with Gasteiger partial charge in [-0.05, 0) is 29.5 Å². The molecule has 20 heavy (non-hydrogen) atoms. The summed E-state index contributed by atoms with van der Waals surface area (Å²) < 4.78 is 10.2. The van der Waals surface area contributed by atoms with E-state index >= 15 is 0 Å². The van der Waals surface area contributed by atoms with Crippen molar-refractivity contribution in [3.63, 3.8) is 0 Å². The van der Waals surface area contributed by atoms with Crippen LogP contribution in [0.2, 0.25) is 0 Å². The highest BCUT2D eigenvalue weighted by molar-refractivity contribution is 5.53. The molecule has 4 N–H and O–H groups in total. The third-order valence-corrected chi connectivity index (χ3v) is 3.48. The SMILES string of the molecule is COc1cc([C@H](O)C[C@@H](N)C(C)(C)C)cc(OC)c1O. The highest BCUT2D eigenvalue weighted by atomic mass is 16.5. The van der Waals surface area contributed by atoms with E-state index in [4.69, 9.17) is 15.2 Å². The summed E-state index contributed by atoms with van der Waals surface area (Å²) in [5, 5.41) is 20.2. The average molecular weight is 283 g/mol. The van der Waals surface area contributed by atoms with Gasteiger partial charge in [0.2, 0.25) is 5.75 Å². The van der Waals surface area contributed by atoms with Crippen molar-refractivity contribution in [1.82, 2.24) is 0 Å². The smallest absolute Gasteiger partial charge is 0.200 e. The molecule has 0 saturated heterocycles. The third kappa shape index (κ3) is 3.77. The number of rotatable bonds is 5. The molecule has 0 aliphatic heterocycles. The van der Waals surface area contributed by atoms with E-state index in [9.17, 15) is 10.2 Å². The molecular formula is C15H25NO4. The second-order valence-corrected chi connectivity index (χ2v) is 6.00. The number of ether oxygens (including phenoxy) is 2. The number of hydrogen-bond acceptors (Lipinski definition) is 5. The van der Waals surface area contributed by atoms with Gasteiger partial charge in [-0.15, -0.1) is 0 Å². The number of aromatic hydroxyl groups is 1. The predicted molar refractivity (Wildman–Crippen MR) is 78.2 cm³/mol. The first-order valence-electron chi connectivity index (χ1n) is 6.59. The van der Waals surface area contributed by atoms with E-state index in [0.29, 0.717) is 12.0 Å². The van der Waals surface area contributed by atoms with Gasteiger partial charge in [-0.25, -0.2) is 0 Å². The third-order valence-electron chi connectivity index (χ3n) is 3.48. The number of benzene rings is 1. The molecule has 1 rings (SSSR count). The molecule has 0 fully saturated rings. The lowest BCUT2D eigenvalue weighted by molar-refractivity contribution is 0.132. The molecule has 1 aromatic carbocycles. The molecule has 0 spiro atoms. The Hall–Kier alpha value is -1.46. The second-order valence-electron chi connectivity index (χ2n) is 6.00. The van der Waals surface area contributed by atoms with Crippen molar-refractivity contribution < 1.29 is 19.7 Å². The molecule has 0 heterocycles. The average Bonchev–Trinajstić information content (AvgIpc) is 2.37. The van der Waals surface area contributed by atoms with Crippen molar-refractivity contribution in [1.29, 1.82) is 0 Å². The predicted octanol–water partition coefficient (Wildman–Crippen LogP) is 2.21. The number of hydrogen-bond donors (Lipinski definition) is 3. The summed E-state index contributed by atoms with van der Waals surface area (Å²) in [6.45, 7) is 6.09. The minimum atomic E-state index is -0.743. The zero-order valence-electron chi connectivity index (χ0n) is 12.8. The highest BCUT2D eigenvalue weighted by Crippen LogP contribution is 2.39. The Balaban J connectivity index is 3.01. The number of nitrogens with two attached hydrogens (primary N) is 1. The minimum Gasteiger partial charge on any atom is -0.502 e. The first kappa shape index (κ1) is 16.6. The van der Waals surface area contributed by atoms with E-state index in [1.54, 1.807) is 12.1 Å². The summed E-state index contributed by atoms with van der Waals surface area (Å²) in [7, 11) is 2.90. The molecule has 0 unspecified atom stereocenters. The number of phenols is 1. The normalized spacial score (nSPS) is 14.8. The van der Waals surface area contributed by atoms with Crippen molar-refractivity contribution in [2.75, 3.05) is 14.2 Å². The van der Waals surface area contributed by atoms with Gasteiger partial charge in [0.25, 0.3) is 0 Å². The Bertz CT molecular complexity index is 429. The zero-order valence-corrected chi connectivity index (χ0v) is 12.8. The largest absolute Gasteiger partial charge is 0.502 e. The lowest BCUT2D eigenvalue weighted by Gasteiger charge is -2.29. The van der Waals surface area contributed by atoms with E-state index in [1.165, 1.54) is 14.2 Å². The van der Waals surface area contributed by atoms with E-state index in [1.807, 2.05) is 20.8 Å². The Kier molecular flexibility index (Phi) is 5.25. The van der Waals surface area contributed by atoms with Crippen molar-refractivity contribution in [3.8, 4) is 17.2 Å². The highest BCUT2D eigenvalue weighted by Gasteiger charge is 2.25. The van der Waals surface area contributed by atoms with Gasteiger partial charge in [-0.3, -0.25) is 0 Å². The molecule has 0 saturated carbocycles. The summed E-state index contributed by atoms with van der Waals surface area (Å²) in [6.07, 6.45) is -0.326. The molecule has 0 aliphatic rings. The molecule has 1 aromatic rings. The number of methoxy groups -OCH3 is 2. The van der Waals surface area contributed by atoms with Crippen LogP contribution in [0.5, 0.6) is 17.2 Å². The summed E-state index contributed by atoms with van der Waals surface area (Å²) in [5.41, 5.74) is 6.60. The van der Waals surface area contributed by atoms with Crippen LogP contribution in [0.3, 0.4) is 0 Å². The van der Waals surface area contributed by atoms with Crippen molar-refractivity contribution >= 4 is 0 Å². The molecule has 0 radical (unpaired) electrons. The lowest BCUT2D eigenvalue weighted by atomic mass is 9.83. The van der Waals surface area contributed by atoms with Gasteiger partial charge >= 0.3 is 0 Å². The fourth-order valence-corrected chi connectivity index (χ4v) is 1.84. The van der Waals surface area contributed by atoms with Crippen LogP contribution in [-0.2, 0) is 0 Å². The fraction of sp³-hybridized carbons (Fsp3) is 0.600. The standard InChI is InChI=1S/C15H25NO4/c1-15(2,3)13(16)8-10(17)9-6-11(19-4)14(18)12(7-9)20-5/h6-7,10,13,17-18H,8,16H2,1-5H3/t10-,13-/m1/s1. The second kappa shape index (κ2) is 6.33. The van der Waals surface area contributed by atoms with E-state index in [-0.39, 0.29) is 28.7 Å². The zero-order chi connectivity index (χ0) is 15.5. The van der Waals surface area contributed by atoms with Crippen LogP contribution in [0.4, 0.5) is 0 Å². The maximum Gasteiger partial charge on any atom is 0.200 e. The van der Waals surface area contributed by atoms with Crippen molar-refractivity contribution in [2.45, 2.75) is 39.3 Å². The molecule has 0 aromatic heterocycles. The maximum absolute atomic E-state index is 10.3. The fourth-order valence-electron chi connectivity index (χ4n) is 1.84. The maximum atomic E-state index is 10.3. The lowest BCUT2D eigenvalue weighted by Crippen LogP contribution is -2.36. The van der Waals surface area contributed by atoms with Gasteiger partial charge in [0, 0.05) is 6.04 Å². The molecule has 5 nitrogen and oxygen atoms in total. The van der Waals surface area contributed by atoms with Gasteiger partial charge in [-0.2, -0.15) is 0 Å². The van der Waals surface area contributed by atoms with Crippen LogP contribution in [0.25, 0.3) is 0 Å². The van der Waals surface area contributed by atoms with Crippen LogP contribution >= 0.6 is 0 Å². The first-order chi connectivity index (χ1) is 9.20. The molecule has 114 valence electrons. The summed E-state index contributed by atoms with van der Waals surface area (Å²) in [5.74, 6) is 0.455. The van der Waals surface area contributed by atoms with Crippen LogP contribution in [0, 0.1) is 5.41 Å². The van der Waals surface area contributed by atoms with Gasteiger partial charge in [0.1, 0.15) is 0 Å². The molecule has 5 heteroatoms. The number of aliphatic hydroxyl groups is 1. The Morgan fingerprint density at radius 3 is 1.95 bits per heavy atom. The van der Waals surface area contributed by atoms with E-state index < -0.39 is 6.10 Å². The Morgan fingerprint density at radius 1 is 1.15 bits per heavy atom. The van der Waals surface area contributed by atoms with Crippen LogP contribution in [-0.4, -0.2) is 30.5 Å². The Morgan fingerprint density at radius 2 is 1.60 bits per heavy atom. The summed E-state index contributed by atoms with van der Waals surface area (Å²) in [4.78, 5) is 0. The molecule has 2 atom stereocenters. The molecular weight excluding hydrogens is 258 g/mol. The summed E-state index contributed by atoms with van der Waals surface area (Å²) in [6, 6.07) is 3.04. The van der Waals surface area contributed by atoms with Crippen molar-refractivity contribution in [3.05, 3.63) is 17.7 Å². The van der Waals surface area contributed by atoms with Gasteiger partial charge < -0.3 is 25.4 Å². The number of aliphatic hydroxyl groups excluding tert-OH is 1. The molecule has 0 aliphatic carbocycles. The summed E-state index contributed by atoms with van der Waals surface area (Å²) >= 11 is 0. The van der Waals surface area contributed by atoms with Crippen molar-refractivity contribution in [2.24, 2.45) is 11.1 Å². The monoisotopic (exact) mass is 283 g/mol. The van der Waals surface area contributed by atoms with E-state index in [0.717, 1.165) is 0 Å². The topological polar surface area (TPSA) is 84.9 Å². The van der Waals surface area contributed by atoms with Crippen LogP contribution in [0.15, 0.2) is 12.1 Å². The van der Waals surface area contributed by atoms with E-state index in [2.05, 4.69) is 0 Å². The minimum absolute atomic E-state index is 0.0777. The van der Waals surface area contributed by atoms with Crippen LogP contribution < -0.4 is 15.2 Å². The quantitative estimate of drug-likeness (QED) is 0.771. The van der Waals surface area contributed by atoms with Gasteiger partial charge in [0.05, 0.1) is 20.3 Å². The first-order valence-corrected chi connectivity index (χ1v) is 6.59. The molecule has 0 amide bonds. The van der Waals surface area contributed by atoms with Crippen LogP contribution in [0.1, 0.15) is 38.9 Å². The van der Waals surface area contributed by atoms with Gasteiger partial charge in [0.15, 0.2) is 11.5 Å². The number of phenolic OH excluding ortho intramolecular Hbond substituents is 1. The molecule has 0 bridgehead atoms.